The topological polar surface area (TPSA) is 93.9 Å². The molecule has 0 aromatic carbocycles. The molecule has 0 unspecified atom stereocenters. The Morgan fingerprint density at radius 2 is 2.25 bits per heavy atom. The number of hydroxylamine groups is 2. The van der Waals surface area contributed by atoms with Crippen LogP contribution in [0.1, 0.15) is 18.2 Å². The summed E-state index contributed by atoms with van der Waals surface area (Å²) in [6.07, 6.45) is -0.107. The molecule has 0 fully saturated rings. The summed E-state index contributed by atoms with van der Waals surface area (Å²) in [6, 6.07) is 2.12. The monoisotopic (exact) mass is 246 g/mol. The van der Waals surface area contributed by atoms with Gasteiger partial charge in [0.05, 0.1) is 10.7 Å². The standard InChI is InChI=1S/C9H11ClN2O4/c10-6-1-2-7(11-5-6)8(3-4-13)12(16)9(14)15/h1-2,5,8,13,16H,3-4H2,(H,14,15)/t8-/m0/s1. The van der Waals surface area contributed by atoms with Gasteiger partial charge < -0.3 is 10.2 Å². The van der Waals surface area contributed by atoms with Gasteiger partial charge in [0.2, 0.25) is 0 Å². The maximum Gasteiger partial charge on any atom is 0.431 e. The van der Waals surface area contributed by atoms with Crippen LogP contribution in [0.15, 0.2) is 18.3 Å². The third kappa shape index (κ3) is 3.06. The summed E-state index contributed by atoms with van der Waals surface area (Å²) >= 11 is 5.63. The molecule has 0 bridgehead atoms. The summed E-state index contributed by atoms with van der Waals surface area (Å²) in [4.78, 5) is 14.5. The fourth-order valence-corrected chi connectivity index (χ4v) is 1.35. The van der Waals surface area contributed by atoms with Crippen LogP contribution in [-0.2, 0) is 0 Å². The molecule has 0 radical (unpaired) electrons. The number of aliphatic hydroxyl groups is 1. The summed E-state index contributed by atoms with van der Waals surface area (Å²) in [5, 5.41) is 27.3. The number of aromatic nitrogens is 1. The van der Waals surface area contributed by atoms with E-state index in [-0.39, 0.29) is 18.1 Å². The number of hydrogen-bond acceptors (Lipinski definition) is 4. The molecule has 0 aliphatic carbocycles. The summed E-state index contributed by atoms with van der Waals surface area (Å²) in [5.74, 6) is 0. The van der Waals surface area contributed by atoms with Crippen molar-refractivity contribution in [3.05, 3.63) is 29.0 Å². The van der Waals surface area contributed by atoms with Gasteiger partial charge in [-0.1, -0.05) is 11.6 Å². The molecule has 16 heavy (non-hydrogen) atoms. The Hall–Kier alpha value is -1.37. The number of halogens is 1. The molecule has 3 N–H and O–H groups in total. The first-order valence-corrected chi connectivity index (χ1v) is 4.87. The van der Waals surface area contributed by atoms with E-state index in [9.17, 15) is 10.0 Å². The lowest BCUT2D eigenvalue weighted by Crippen LogP contribution is -2.31. The quantitative estimate of drug-likeness (QED) is 0.553. The van der Waals surface area contributed by atoms with Gasteiger partial charge in [-0.25, -0.2) is 4.79 Å². The maximum absolute atomic E-state index is 10.6. The lowest BCUT2D eigenvalue weighted by Gasteiger charge is -2.22. The van der Waals surface area contributed by atoms with Crippen molar-refractivity contribution >= 4 is 17.7 Å². The first-order valence-electron chi connectivity index (χ1n) is 4.49. The Balaban J connectivity index is 2.92. The van der Waals surface area contributed by atoms with Gasteiger partial charge in [0.1, 0.15) is 6.04 Å². The lowest BCUT2D eigenvalue weighted by atomic mass is 10.1. The van der Waals surface area contributed by atoms with Crippen molar-refractivity contribution in [1.82, 2.24) is 10.0 Å². The molecule has 1 amide bonds. The van der Waals surface area contributed by atoms with E-state index in [4.69, 9.17) is 21.8 Å². The van der Waals surface area contributed by atoms with Crippen LogP contribution in [0.4, 0.5) is 4.79 Å². The minimum Gasteiger partial charge on any atom is -0.463 e. The fourth-order valence-electron chi connectivity index (χ4n) is 1.24. The molecule has 1 heterocycles. The maximum atomic E-state index is 10.6. The molecule has 0 aliphatic rings. The molecule has 0 saturated carbocycles. The molecule has 1 aromatic rings. The van der Waals surface area contributed by atoms with Crippen LogP contribution in [0.3, 0.4) is 0 Å². The Labute approximate surface area is 96.7 Å². The van der Waals surface area contributed by atoms with Crippen LogP contribution in [0, 0.1) is 0 Å². The van der Waals surface area contributed by atoms with Crippen LogP contribution in [0.25, 0.3) is 0 Å². The number of amides is 1. The molecule has 1 aromatic heterocycles. The summed E-state index contributed by atoms with van der Waals surface area (Å²) in [6.45, 7) is -0.265. The second-order valence-electron chi connectivity index (χ2n) is 3.06. The lowest BCUT2D eigenvalue weighted by molar-refractivity contribution is -0.103. The molecule has 1 atom stereocenters. The van der Waals surface area contributed by atoms with Gasteiger partial charge in [-0.3, -0.25) is 10.2 Å². The number of pyridine rings is 1. The molecule has 0 aliphatic heterocycles. The van der Waals surface area contributed by atoms with Crippen molar-refractivity contribution in [3.63, 3.8) is 0 Å². The zero-order valence-electron chi connectivity index (χ0n) is 8.25. The zero-order chi connectivity index (χ0) is 12.1. The van der Waals surface area contributed by atoms with Gasteiger partial charge in [0, 0.05) is 12.8 Å². The third-order valence-electron chi connectivity index (χ3n) is 1.99. The van der Waals surface area contributed by atoms with Crippen molar-refractivity contribution in [2.75, 3.05) is 6.61 Å². The number of carbonyl (C=O) groups is 1. The largest absolute Gasteiger partial charge is 0.463 e. The molecule has 0 spiro atoms. The second-order valence-corrected chi connectivity index (χ2v) is 3.49. The van der Waals surface area contributed by atoms with Crippen molar-refractivity contribution in [3.8, 4) is 0 Å². The number of hydrogen-bond donors (Lipinski definition) is 3. The highest BCUT2D eigenvalue weighted by Gasteiger charge is 2.24. The van der Waals surface area contributed by atoms with E-state index in [0.717, 1.165) is 0 Å². The summed E-state index contributed by atoms with van der Waals surface area (Å²) in [7, 11) is 0. The molecule has 7 heteroatoms. The van der Waals surface area contributed by atoms with Gasteiger partial charge in [0.25, 0.3) is 0 Å². The van der Waals surface area contributed by atoms with Gasteiger partial charge >= 0.3 is 6.09 Å². The average Bonchev–Trinajstić information content (AvgIpc) is 2.26. The van der Waals surface area contributed by atoms with E-state index in [1.807, 2.05) is 0 Å². The number of rotatable bonds is 4. The zero-order valence-corrected chi connectivity index (χ0v) is 9.00. The Bertz CT molecular complexity index is 357. The third-order valence-corrected chi connectivity index (χ3v) is 2.21. The first-order chi connectivity index (χ1) is 7.56. The van der Waals surface area contributed by atoms with Crippen LogP contribution in [-0.4, -0.2) is 38.2 Å². The Morgan fingerprint density at radius 1 is 1.56 bits per heavy atom. The molecular formula is C9H11ClN2O4. The predicted octanol–water partition coefficient (Wildman–Crippen LogP) is 1.53. The van der Waals surface area contributed by atoms with Gasteiger partial charge in [0.15, 0.2) is 0 Å². The minimum atomic E-state index is -1.50. The van der Waals surface area contributed by atoms with Crippen LogP contribution in [0.2, 0.25) is 5.02 Å². The predicted molar refractivity (Wildman–Crippen MR) is 55.3 cm³/mol. The number of aliphatic hydroxyl groups excluding tert-OH is 1. The minimum absolute atomic E-state index is 0.0530. The smallest absolute Gasteiger partial charge is 0.431 e. The van der Waals surface area contributed by atoms with Gasteiger partial charge in [-0.15, -0.1) is 0 Å². The average molecular weight is 247 g/mol. The Morgan fingerprint density at radius 3 is 2.69 bits per heavy atom. The highest BCUT2D eigenvalue weighted by atomic mass is 35.5. The Kier molecular flexibility index (Phi) is 4.48. The highest BCUT2D eigenvalue weighted by molar-refractivity contribution is 6.30. The second kappa shape index (κ2) is 5.64. The highest BCUT2D eigenvalue weighted by Crippen LogP contribution is 2.21. The summed E-state index contributed by atoms with van der Waals surface area (Å²) < 4.78 is 0. The summed E-state index contributed by atoms with van der Waals surface area (Å²) in [5.41, 5.74) is 0.323. The molecule has 1 rings (SSSR count). The first kappa shape index (κ1) is 12.7. The fraction of sp³-hybridized carbons (Fsp3) is 0.333. The van der Waals surface area contributed by atoms with E-state index in [0.29, 0.717) is 10.7 Å². The SMILES string of the molecule is O=C(O)N(O)[C@@H](CCO)c1ccc(Cl)cn1. The van der Waals surface area contributed by atoms with E-state index >= 15 is 0 Å². The normalized spacial score (nSPS) is 12.2. The number of nitrogens with zero attached hydrogens (tertiary/aromatic N) is 2. The van der Waals surface area contributed by atoms with Crippen molar-refractivity contribution in [1.29, 1.82) is 0 Å². The van der Waals surface area contributed by atoms with E-state index in [2.05, 4.69) is 4.98 Å². The van der Waals surface area contributed by atoms with Gasteiger partial charge in [-0.2, -0.15) is 5.06 Å². The van der Waals surface area contributed by atoms with E-state index in [1.165, 1.54) is 18.3 Å². The van der Waals surface area contributed by atoms with Gasteiger partial charge in [-0.05, 0) is 18.6 Å². The van der Waals surface area contributed by atoms with E-state index in [1.54, 1.807) is 0 Å². The van der Waals surface area contributed by atoms with Crippen molar-refractivity contribution in [2.24, 2.45) is 0 Å². The molecular weight excluding hydrogens is 236 g/mol. The number of carboxylic acid groups (broad SMARTS) is 1. The van der Waals surface area contributed by atoms with E-state index < -0.39 is 12.1 Å². The molecule has 0 saturated heterocycles. The molecule has 88 valence electrons. The van der Waals surface area contributed by atoms with Crippen molar-refractivity contribution in [2.45, 2.75) is 12.5 Å². The molecule has 6 nitrogen and oxygen atoms in total. The van der Waals surface area contributed by atoms with Crippen LogP contribution < -0.4 is 0 Å². The van der Waals surface area contributed by atoms with Crippen LogP contribution in [0.5, 0.6) is 0 Å². The van der Waals surface area contributed by atoms with Crippen molar-refractivity contribution < 1.29 is 20.2 Å². The van der Waals surface area contributed by atoms with Crippen LogP contribution >= 0.6 is 11.6 Å².